The minimum absolute atomic E-state index is 0.160. The fourth-order valence-electron chi connectivity index (χ4n) is 1.82. The van der Waals surface area contributed by atoms with E-state index in [1.807, 2.05) is 0 Å². The van der Waals surface area contributed by atoms with Crippen molar-refractivity contribution in [2.45, 2.75) is 46.6 Å². The van der Waals surface area contributed by atoms with Crippen LogP contribution in [0.5, 0.6) is 0 Å². The first-order valence-corrected chi connectivity index (χ1v) is 5.04. The van der Waals surface area contributed by atoms with Gasteiger partial charge in [0.2, 0.25) is 5.91 Å². The van der Waals surface area contributed by atoms with Gasteiger partial charge < -0.3 is 5.32 Å². The van der Waals surface area contributed by atoms with Crippen LogP contribution in [-0.4, -0.2) is 23.0 Å². The Hall–Kier alpha value is -1.19. The molecule has 15 heavy (non-hydrogen) atoms. The van der Waals surface area contributed by atoms with Gasteiger partial charge in [0.1, 0.15) is 11.6 Å². The molecule has 4 nitrogen and oxygen atoms in total. The van der Waals surface area contributed by atoms with E-state index in [4.69, 9.17) is 0 Å². The Balaban J connectivity index is 4.87. The van der Waals surface area contributed by atoms with Crippen molar-refractivity contribution >= 4 is 17.5 Å². The maximum absolute atomic E-state index is 11.3. The predicted molar refractivity (Wildman–Crippen MR) is 57.4 cm³/mol. The summed E-state index contributed by atoms with van der Waals surface area (Å²) in [7, 11) is 0. The summed E-state index contributed by atoms with van der Waals surface area (Å²) in [5.74, 6) is -1.37. The average molecular weight is 213 g/mol. The molecule has 0 aromatic heterocycles. The van der Waals surface area contributed by atoms with Crippen molar-refractivity contribution in [3.8, 4) is 0 Å². The number of rotatable bonds is 5. The molecule has 0 saturated carbocycles. The summed E-state index contributed by atoms with van der Waals surface area (Å²) in [6.07, 6.45) is 0.339. The molecule has 0 bridgehead atoms. The molecule has 0 aliphatic heterocycles. The Labute approximate surface area is 90.4 Å². The van der Waals surface area contributed by atoms with Gasteiger partial charge in [-0.25, -0.2) is 0 Å². The van der Waals surface area contributed by atoms with Crippen LogP contribution < -0.4 is 5.32 Å². The first kappa shape index (κ1) is 13.8. The van der Waals surface area contributed by atoms with Gasteiger partial charge in [0.05, 0.1) is 11.5 Å². The van der Waals surface area contributed by atoms with Crippen LogP contribution in [0.4, 0.5) is 0 Å². The number of hydrogen-bond donors (Lipinski definition) is 1. The summed E-state index contributed by atoms with van der Waals surface area (Å²) < 4.78 is 0. The standard InChI is InChI=1S/C11H19NO3/c1-6-9(15)12-11(4,5)10(7(2)13)8(3)14/h10H,6H2,1-5H3,(H,12,15). The predicted octanol–water partition coefficient (Wildman–Crippen LogP) is 1.09. The summed E-state index contributed by atoms with van der Waals surface area (Å²) in [5, 5.41) is 2.69. The zero-order valence-corrected chi connectivity index (χ0v) is 10.0. The molecule has 0 aromatic carbocycles. The lowest BCUT2D eigenvalue weighted by Crippen LogP contribution is -2.53. The second kappa shape index (κ2) is 5.05. The monoisotopic (exact) mass is 213 g/mol. The Morgan fingerprint density at radius 2 is 1.53 bits per heavy atom. The van der Waals surface area contributed by atoms with E-state index in [0.29, 0.717) is 6.42 Å². The van der Waals surface area contributed by atoms with Gasteiger partial charge in [-0.1, -0.05) is 6.92 Å². The molecule has 86 valence electrons. The van der Waals surface area contributed by atoms with Crippen molar-refractivity contribution in [2.75, 3.05) is 0 Å². The molecule has 0 radical (unpaired) electrons. The number of ketones is 2. The fraction of sp³-hybridized carbons (Fsp3) is 0.727. The van der Waals surface area contributed by atoms with E-state index in [-0.39, 0.29) is 17.5 Å². The van der Waals surface area contributed by atoms with Crippen molar-refractivity contribution in [1.29, 1.82) is 0 Å². The van der Waals surface area contributed by atoms with Crippen molar-refractivity contribution in [3.63, 3.8) is 0 Å². The second-order valence-electron chi connectivity index (χ2n) is 4.28. The molecule has 0 atom stereocenters. The van der Waals surface area contributed by atoms with Crippen LogP contribution in [0.3, 0.4) is 0 Å². The van der Waals surface area contributed by atoms with Crippen LogP contribution in [0.25, 0.3) is 0 Å². The molecule has 4 heteroatoms. The van der Waals surface area contributed by atoms with E-state index in [1.54, 1.807) is 20.8 Å². The number of Topliss-reactive ketones (excluding diaryl/α,β-unsaturated/α-hetero) is 2. The molecular formula is C11H19NO3. The smallest absolute Gasteiger partial charge is 0.220 e. The maximum Gasteiger partial charge on any atom is 0.220 e. The largest absolute Gasteiger partial charge is 0.350 e. The highest BCUT2D eigenvalue weighted by Crippen LogP contribution is 2.19. The van der Waals surface area contributed by atoms with Crippen molar-refractivity contribution < 1.29 is 14.4 Å². The Kier molecular flexibility index (Phi) is 4.65. The molecule has 0 heterocycles. The second-order valence-corrected chi connectivity index (χ2v) is 4.28. The summed E-state index contributed by atoms with van der Waals surface area (Å²) >= 11 is 0. The summed E-state index contributed by atoms with van der Waals surface area (Å²) in [4.78, 5) is 33.9. The third-order valence-corrected chi connectivity index (χ3v) is 2.32. The molecule has 0 unspecified atom stereocenters. The van der Waals surface area contributed by atoms with Crippen LogP contribution in [0, 0.1) is 5.92 Å². The number of amides is 1. The summed E-state index contributed by atoms with van der Waals surface area (Å²) in [5.41, 5.74) is -0.815. The van der Waals surface area contributed by atoms with Crippen LogP contribution in [0.1, 0.15) is 41.0 Å². The van der Waals surface area contributed by atoms with E-state index in [2.05, 4.69) is 5.32 Å². The lowest BCUT2D eigenvalue weighted by atomic mass is 9.81. The van der Waals surface area contributed by atoms with Crippen molar-refractivity contribution in [3.05, 3.63) is 0 Å². The van der Waals surface area contributed by atoms with Gasteiger partial charge in [0.15, 0.2) is 0 Å². The molecule has 1 N–H and O–H groups in total. The highest BCUT2D eigenvalue weighted by atomic mass is 16.2. The van der Waals surface area contributed by atoms with Crippen LogP contribution in [0.2, 0.25) is 0 Å². The molecule has 0 aliphatic rings. The van der Waals surface area contributed by atoms with Gasteiger partial charge >= 0.3 is 0 Å². The fourth-order valence-corrected chi connectivity index (χ4v) is 1.82. The van der Waals surface area contributed by atoms with E-state index < -0.39 is 11.5 Å². The first-order valence-electron chi connectivity index (χ1n) is 5.04. The van der Waals surface area contributed by atoms with Gasteiger partial charge in [0.25, 0.3) is 0 Å². The normalized spacial score (nSPS) is 11.3. The van der Waals surface area contributed by atoms with Crippen molar-refractivity contribution in [2.24, 2.45) is 5.92 Å². The Morgan fingerprint density at radius 3 is 1.80 bits per heavy atom. The van der Waals surface area contributed by atoms with E-state index in [1.165, 1.54) is 13.8 Å². The SMILES string of the molecule is CCC(=O)NC(C)(C)C(C(C)=O)C(C)=O. The molecule has 1 amide bonds. The van der Waals surface area contributed by atoms with Gasteiger partial charge in [0, 0.05) is 6.42 Å². The van der Waals surface area contributed by atoms with E-state index in [0.717, 1.165) is 0 Å². The minimum Gasteiger partial charge on any atom is -0.350 e. The summed E-state index contributed by atoms with van der Waals surface area (Å²) in [6.45, 7) is 7.84. The van der Waals surface area contributed by atoms with Gasteiger partial charge in [-0.2, -0.15) is 0 Å². The third-order valence-electron chi connectivity index (χ3n) is 2.32. The third kappa shape index (κ3) is 3.81. The summed E-state index contributed by atoms with van der Waals surface area (Å²) in [6, 6.07) is 0. The topological polar surface area (TPSA) is 63.2 Å². The number of hydrogen-bond acceptors (Lipinski definition) is 3. The quantitative estimate of drug-likeness (QED) is 0.695. The van der Waals surface area contributed by atoms with Gasteiger partial charge in [-0.3, -0.25) is 14.4 Å². The molecular weight excluding hydrogens is 194 g/mol. The minimum atomic E-state index is -0.815. The molecule has 0 saturated heterocycles. The van der Waals surface area contributed by atoms with E-state index >= 15 is 0 Å². The first-order chi connectivity index (χ1) is 6.72. The number of carbonyl (C=O) groups is 3. The zero-order chi connectivity index (χ0) is 12.2. The van der Waals surface area contributed by atoms with Crippen molar-refractivity contribution in [1.82, 2.24) is 5.32 Å². The van der Waals surface area contributed by atoms with Crippen LogP contribution in [-0.2, 0) is 14.4 Å². The molecule has 0 aliphatic carbocycles. The van der Waals surface area contributed by atoms with Crippen LogP contribution >= 0.6 is 0 Å². The van der Waals surface area contributed by atoms with Crippen LogP contribution in [0.15, 0.2) is 0 Å². The Bertz CT molecular complexity index is 268. The molecule has 0 fully saturated rings. The highest BCUT2D eigenvalue weighted by Gasteiger charge is 2.37. The van der Waals surface area contributed by atoms with Gasteiger partial charge in [-0.05, 0) is 27.7 Å². The Morgan fingerprint density at radius 1 is 1.13 bits per heavy atom. The zero-order valence-electron chi connectivity index (χ0n) is 10.0. The lowest BCUT2D eigenvalue weighted by molar-refractivity contribution is -0.134. The average Bonchev–Trinajstić information content (AvgIpc) is 2.00. The van der Waals surface area contributed by atoms with E-state index in [9.17, 15) is 14.4 Å². The number of carbonyl (C=O) groups excluding carboxylic acids is 3. The molecule has 0 rings (SSSR count). The number of nitrogens with one attached hydrogen (secondary N) is 1. The lowest BCUT2D eigenvalue weighted by Gasteiger charge is -2.32. The highest BCUT2D eigenvalue weighted by molar-refractivity contribution is 6.02. The molecule has 0 aromatic rings. The van der Waals surface area contributed by atoms with Gasteiger partial charge in [-0.15, -0.1) is 0 Å². The molecule has 0 spiro atoms. The maximum atomic E-state index is 11.3.